The Morgan fingerprint density at radius 3 is 2.89 bits per heavy atom. The van der Waals surface area contributed by atoms with Crippen LogP contribution in [0.3, 0.4) is 0 Å². The van der Waals surface area contributed by atoms with Crippen LogP contribution in [0, 0.1) is 11.3 Å². The van der Waals surface area contributed by atoms with Gasteiger partial charge in [-0.2, -0.15) is 5.26 Å². The molecule has 1 aromatic heterocycles. The number of rotatable bonds is 7. The molecule has 100 valence electrons. The van der Waals surface area contributed by atoms with Gasteiger partial charge in [0.2, 0.25) is 6.79 Å². The summed E-state index contributed by atoms with van der Waals surface area (Å²) in [6.45, 7) is 7.72. The Balaban J connectivity index is 2.24. The Bertz CT molecular complexity index is 408. The number of hydrogen-bond acceptors (Lipinski definition) is 5. The largest absolute Gasteiger partial charge is 0.368 e. The summed E-state index contributed by atoms with van der Waals surface area (Å²) in [5.74, 6) is 0. The van der Waals surface area contributed by atoms with Crippen LogP contribution in [-0.4, -0.2) is 31.4 Å². The number of hydrogen-bond donors (Lipinski definition) is 1. The standard InChI is InChI=1S/C11H20N4O2Si/c1-18(2,3)5-4-16-9-17-15-8-10(7-14-15)11(13)6-12/h7-8,11H,4-5,9,13H2,1-3H3/t11-/m1/s1. The summed E-state index contributed by atoms with van der Waals surface area (Å²) in [4.78, 5) is 6.49. The van der Waals surface area contributed by atoms with E-state index in [1.165, 1.54) is 11.0 Å². The maximum absolute atomic E-state index is 8.65. The van der Waals surface area contributed by atoms with Crippen molar-refractivity contribution in [1.29, 1.82) is 5.26 Å². The van der Waals surface area contributed by atoms with E-state index >= 15 is 0 Å². The Morgan fingerprint density at radius 2 is 2.28 bits per heavy atom. The van der Waals surface area contributed by atoms with Gasteiger partial charge in [0.1, 0.15) is 6.04 Å². The highest BCUT2D eigenvalue weighted by atomic mass is 28.3. The molecule has 0 spiro atoms. The molecule has 0 aromatic carbocycles. The molecule has 0 aliphatic rings. The summed E-state index contributed by atoms with van der Waals surface area (Å²) >= 11 is 0. The molecule has 0 bridgehead atoms. The van der Waals surface area contributed by atoms with Crippen LogP contribution in [0.5, 0.6) is 0 Å². The molecule has 0 unspecified atom stereocenters. The molecule has 6 nitrogen and oxygen atoms in total. The van der Waals surface area contributed by atoms with Crippen molar-refractivity contribution in [2.24, 2.45) is 5.73 Å². The van der Waals surface area contributed by atoms with Crippen LogP contribution in [0.1, 0.15) is 11.6 Å². The van der Waals surface area contributed by atoms with E-state index in [0.717, 1.165) is 6.04 Å². The third kappa shape index (κ3) is 5.31. The zero-order valence-electron chi connectivity index (χ0n) is 11.1. The lowest BCUT2D eigenvalue weighted by atomic mass is 10.2. The molecule has 0 saturated carbocycles. The van der Waals surface area contributed by atoms with Crippen molar-refractivity contribution in [3.05, 3.63) is 18.0 Å². The van der Waals surface area contributed by atoms with Gasteiger partial charge in [0.25, 0.3) is 0 Å². The van der Waals surface area contributed by atoms with Gasteiger partial charge >= 0.3 is 0 Å². The molecular formula is C11H20N4O2Si. The lowest BCUT2D eigenvalue weighted by molar-refractivity contribution is -0.0675. The molecule has 1 atom stereocenters. The zero-order chi connectivity index (χ0) is 13.6. The van der Waals surface area contributed by atoms with E-state index in [2.05, 4.69) is 24.7 Å². The third-order valence-electron chi connectivity index (χ3n) is 2.34. The number of nitrogens with zero attached hydrogens (tertiary/aromatic N) is 3. The normalized spacial score (nSPS) is 13.1. The molecule has 0 aliphatic carbocycles. The molecule has 18 heavy (non-hydrogen) atoms. The highest BCUT2D eigenvalue weighted by molar-refractivity contribution is 6.76. The van der Waals surface area contributed by atoms with Gasteiger partial charge in [-0.3, -0.25) is 0 Å². The Hall–Kier alpha value is -1.36. The maximum Gasteiger partial charge on any atom is 0.216 e. The fraction of sp³-hybridized carbons (Fsp3) is 0.636. The zero-order valence-corrected chi connectivity index (χ0v) is 12.1. The van der Waals surface area contributed by atoms with Crippen LogP contribution in [0.15, 0.2) is 12.4 Å². The average molecular weight is 268 g/mol. The van der Waals surface area contributed by atoms with Crippen molar-refractivity contribution in [3.8, 4) is 6.07 Å². The van der Waals surface area contributed by atoms with E-state index in [9.17, 15) is 0 Å². The first-order valence-corrected chi connectivity index (χ1v) is 9.54. The summed E-state index contributed by atoms with van der Waals surface area (Å²) in [6.07, 6.45) is 3.09. The molecule has 0 amide bonds. The van der Waals surface area contributed by atoms with Gasteiger partial charge in [-0.15, -0.1) is 9.94 Å². The molecule has 0 saturated heterocycles. The summed E-state index contributed by atoms with van der Waals surface area (Å²) in [5.41, 5.74) is 6.16. The van der Waals surface area contributed by atoms with E-state index in [1.807, 2.05) is 6.07 Å². The fourth-order valence-electron chi connectivity index (χ4n) is 1.15. The van der Waals surface area contributed by atoms with E-state index in [-0.39, 0.29) is 6.79 Å². The van der Waals surface area contributed by atoms with Crippen LogP contribution in [0.25, 0.3) is 0 Å². The Kier molecular flexibility index (Phi) is 5.34. The quantitative estimate of drug-likeness (QED) is 0.455. The second-order valence-corrected chi connectivity index (χ2v) is 10.9. The minimum Gasteiger partial charge on any atom is -0.368 e. The van der Waals surface area contributed by atoms with Gasteiger partial charge in [0, 0.05) is 20.2 Å². The van der Waals surface area contributed by atoms with E-state index in [4.69, 9.17) is 20.6 Å². The topological polar surface area (TPSA) is 86.1 Å². The van der Waals surface area contributed by atoms with Crippen LogP contribution in [0.2, 0.25) is 25.7 Å². The van der Waals surface area contributed by atoms with Crippen molar-refractivity contribution in [3.63, 3.8) is 0 Å². The molecular weight excluding hydrogens is 248 g/mol. The Morgan fingerprint density at radius 1 is 1.56 bits per heavy atom. The second kappa shape index (κ2) is 6.54. The molecule has 7 heteroatoms. The van der Waals surface area contributed by atoms with Crippen molar-refractivity contribution < 1.29 is 9.57 Å². The molecule has 0 fully saturated rings. The molecule has 1 aromatic rings. The number of aromatic nitrogens is 2. The third-order valence-corrected chi connectivity index (χ3v) is 4.05. The predicted molar refractivity (Wildman–Crippen MR) is 70.3 cm³/mol. The highest BCUT2D eigenvalue weighted by Crippen LogP contribution is 2.08. The summed E-state index contributed by atoms with van der Waals surface area (Å²) < 4.78 is 5.37. The van der Waals surface area contributed by atoms with Crippen molar-refractivity contribution in [1.82, 2.24) is 9.94 Å². The average Bonchev–Trinajstić information content (AvgIpc) is 2.75. The summed E-state index contributed by atoms with van der Waals surface area (Å²) in [6, 6.07) is 2.36. The molecule has 0 aliphatic heterocycles. The van der Waals surface area contributed by atoms with Gasteiger partial charge in [-0.25, -0.2) is 0 Å². The number of nitriles is 1. The minimum absolute atomic E-state index is 0.146. The van der Waals surface area contributed by atoms with Crippen molar-refractivity contribution >= 4 is 8.07 Å². The van der Waals surface area contributed by atoms with E-state index < -0.39 is 14.1 Å². The highest BCUT2D eigenvalue weighted by Gasteiger charge is 2.12. The van der Waals surface area contributed by atoms with Crippen molar-refractivity contribution in [2.45, 2.75) is 31.7 Å². The van der Waals surface area contributed by atoms with Gasteiger partial charge < -0.3 is 15.3 Å². The molecule has 1 heterocycles. The maximum atomic E-state index is 8.65. The van der Waals surface area contributed by atoms with Crippen LogP contribution in [0.4, 0.5) is 0 Å². The summed E-state index contributed by atoms with van der Waals surface area (Å²) in [7, 11) is -1.06. The van der Waals surface area contributed by atoms with Crippen LogP contribution >= 0.6 is 0 Å². The second-order valence-electron chi connectivity index (χ2n) is 5.25. The fourth-order valence-corrected chi connectivity index (χ4v) is 1.91. The SMILES string of the molecule is C[Si](C)(C)CCOCOn1cc([C@H](N)C#N)cn1. The first kappa shape index (κ1) is 14.7. The lowest BCUT2D eigenvalue weighted by Gasteiger charge is -2.15. The van der Waals surface area contributed by atoms with Crippen LogP contribution in [-0.2, 0) is 4.74 Å². The van der Waals surface area contributed by atoms with E-state index in [0.29, 0.717) is 12.2 Å². The van der Waals surface area contributed by atoms with Gasteiger partial charge in [0.15, 0.2) is 0 Å². The smallest absolute Gasteiger partial charge is 0.216 e. The van der Waals surface area contributed by atoms with Gasteiger partial charge in [-0.05, 0) is 6.04 Å². The molecule has 2 N–H and O–H groups in total. The minimum atomic E-state index is -1.06. The first-order valence-electron chi connectivity index (χ1n) is 5.83. The summed E-state index contributed by atoms with van der Waals surface area (Å²) in [5, 5.41) is 12.6. The van der Waals surface area contributed by atoms with E-state index in [1.54, 1.807) is 6.20 Å². The van der Waals surface area contributed by atoms with Gasteiger partial charge in [0.05, 0.1) is 18.5 Å². The molecule has 0 radical (unpaired) electrons. The lowest BCUT2D eigenvalue weighted by Crippen LogP contribution is -2.23. The van der Waals surface area contributed by atoms with Gasteiger partial charge in [-0.1, -0.05) is 19.6 Å². The number of ether oxygens (including phenoxy) is 1. The van der Waals surface area contributed by atoms with Crippen molar-refractivity contribution in [2.75, 3.05) is 13.4 Å². The van der Waals surface area contributed by atoms with Crippen LogP contribution < -0.4 is 10.6 Å². The predicted octanol–water partition coefficient (Wildman–Crippen LogP) is 1.15. The Labute approximate surface area is 108 Å². The monoisotopic (exact) mass is 268 g/mol. The molecule has 1 rings (SSSR count). The first-order chi connectivity index (χ1) is 8.42. The number of nitrogens with two attached hydrogens (primary N) is 1.